The molecular formula is C21H26N6OS. The maximum absolute atomic E-state index is 12.8. The Kier molecular flexibility index (Phi) is 5.45. The maximum Gasteiger partial charge on any atom is 0.237 e. The molecule has 1 aromatic carbocycles. The van der Waals surface area contributed by atoms with Gasteiger partial charge in [0.05, 0.1) is 28.9 Å². The molecule has 29 heavy (non-hydrogen) atoms. The van der Waals surface area contributed by atoms with E-state index in [9.17, 15) is 4.79 Å². The number of carbonyl (C=O) groups is 1. The number of nitrogens with zero attached hydrogens (tertiary/aromatic N) is 5. The fourth-order valence-corrected chi connectivity index (χ4v) is 4.19. The molecule has 1 aliphatic carbocycles. The molecule has 4 rings (SSSR count). The molecule has 152 valence electrons. The summed E-state index contributed by atoms with van der Waals surface area (Å²) in [4.78, 5) is 12.8. The minimum Gasteiger partial charge on any atom is -0.322 e. The van der Waals surface area contributed by atoms with Crippen LogP contribution in [-0.2, 0) is 18.4 Å². The molecule has 7 nitrogen and oxygen atoms in total. The smallest absolute Gasteiger partial charge is 0.237 e. The van der Waals surface area contributed by atoms with Crippen molar-refractivity contribution in [3.05, 3.63) is 53.1 Å². The van der Waals surface area contributed by atoms with Crippen LogP contribution in [-0.4, -0.2) is 35.7 Å². The summed E-state index contributed by atoms with van der Waals surface area (Å²) in [7, 11) is 1.88. The number of benzene rings is 1. The highest BCUT2D eigenvalue weighted by Gasteiger charge is 2.31. The standard InChI is InChI=1S/C21H26N6OS/c1-13-18(14(2)26(4)25-13)22-20(28)15(3)29-21-24-23-19(17-10-11-17)27(21)12-16-8-6-5-7-9-16/h5-9,15,17H,10-12H2,1-4H3,(H,22,28)/t15-/m0/s1. The summed E-state index contributed by atoms with van der Waals surface area (Å²) in [5.41, 5.74) is 3.75. The molecule has 0 saturated heterocycles. The van der Waals surface area contributed by atoms with Crippen molar-refractivity contribution in [2.24, 2.45) is 7.05 Å². The molecule has 0 aliphatic heterocycles. The zero-order valence-electron chi connectivity index (χ0n) is 17.2. The molecule has 8 heteroatoms. The van der Waals surface area contributed by atoms with Crippen LogP contribution in [0.1, 0.15) is 48.5 Å². The van der Waals surface area contributed by atoms with E-state index in [1.807, 2.05) is 46.0 Å². The average molecular weight is 411 g/mol. The molecule has 3 aromatic rings. The lowest BCUT2D eigenvalue weighted by molar-refractivity contribution is -0.115. The highest BCUT2D eigenvalue weighted by Crippen LogP contribution is 2.40. The van der Waals surface area contributed by atoms with E-state index in [1.54, 1.807) is 4.68 Å². The second-order valence-electron chi connectivity index (χ2n) is 7.61. The molecule has 1 amide bonds. The summed E-state index contributed by atoms with van der Waals surface area (Å²) < 4.78 is 3.95. The van der Waals surface area contributed by atoms with Crippen LogP contribution in [0.15, 0.2) is 35.5 Å². The van der Waals surface area contributed by atoms with Gasteiger partial charge in [-0.25, -0.2) is 0 Å². The van der Waals surface area contributed by atoms with Gasteiger partial charge in [-0.1, -0.05) is 42.1 Å². The van der Waals surface area contributed by atoms with E-state index < -0.39 is 0 Å². The van der Waals surface area contributed by atoms with E-state index in [0.29, 0.717) is 5.92 Å². The van der Waals surface area contributed by atoms with Gasteiger partial charge >= 0.3 is 0 Å². The van der Waals surface area contributed by atoms with Gasteiger partial charge in [0.15, 0.2) is 5.16 Å². The van der Waals surface area contributed by atoms with Crippen LogP contribution in [0.5, 0.6) is 0 Å². The van der Waals surface area contributed by atoms with Crippen LogP contribution in [0.25, 0.3) is 0 Å². The predicted octanol–water partition coefficient (Wildman–Crippen LogP) is 3.67. The Bertz CT molecular complexity index is 1020. The number of thioether (sulfide) groups is 1. The molecule has 1 atom stereocenters. The normalized spacial score (nSPS) is 14.8. The lowest BCUT2D eigenvalue weighted by Crippen LogP contribution is -2.23. The second-order valence-corrected chi connectivity index (χ2v) is 8.91. The van der Waals surface area contributed by atoms with Crippen molar-refractivity contribution < 1.29 is 4.79 Å². The number of hydrogen-bond donors (Lipinski definition) is 1. The van der Waals surface area contributed by atoms with Gasteiger partial charge in [-0.15, -0.1) is 10.2 Å². The molecule has 0 bridgehead atoms. The summed E-state index contributed by atoms with van der Waals surface area (Å²) in [6, 6.07) is 10.3. The van der Waals surface area contributed by atoms with Gasteiger partial charge in [0, 0.05) is 13.0 Å². The first-order chi connectivity index (χ1) is 13.9. The Labute approximate surface area is 174 Å². The third-order valence-corrected chi connectivity index (χ3v) is 6.36. The number of rotatable bonds is 7. The average Bonchev–Trinajstić information content (AvgIpc) is 3.44. The van der Waals surface area contributed by atoms with Crippen molar-refractivity contribution >= 4 is 23.4 Å². The van der Waals surface area contributed by atoms with Crippen LogP contribution < -0.4 is 5.32 Å². The molecule has 1 fully saturated rings. The largest absolute Gasteiger partial charge is 0.322 e. The third-order valence-electron chi connectivity index (χ3n) is 5.28. The molecule has 2 heterocycles. The molecule has 0 spiro atoms. The van der Waals surface area contributed by atoms with E-state index in [0.717, 1.165) is 47.4 Å². The van der Waals surface area contributed by atoms with Crippen molar-refractivity contribution in [3.63, 3.8) is 0 Å². The van der Waals surface area contributed by atoms with Crippen LogP contribution in [0.3, 0.4) is 0 Å². The summed E-state index contributed by atoms with van der Waals surface area (Å²) in [5.74, 6) is 1.46. The van der Waals surface area contributed by atoms with E-state index in [1.165, 1.54) is 17.3 Å². The third kappa shape index (κ3) is 4.22. The minimum absolute atomic E-state index is 0.0589. The number of hydrogen-bond acceptors (Lipinski definition) is 5. The Hall–Kier alpha value is -2.61. The van der Waals surface area contributed by atoms with Crippen molar-refractivity contribution in [1.29, 1.82) is 0 Å². The summed E-state index contributed by atoms with van der Waals surface area (Å²) in [6.45, 7) is 6.47. The van der Waals surface area contributed by atoms with Gasteiger partial charge in [0.1, 0.15) is 5.82 Å². The number of aromatic nitrogens is 5. The summed E-state index contributed by atoms with van der Waals surface area (Å²) in [6.07, 6.45) is 2.32. The topological polar surface area (TPSA) is 77.6 Å². The van der Waals surface area contributed by atoms with E-state index in [-0.39, 0.29) is 11.2 Å². The van der Waals surface area contributed by atoms with Crippen molar-refractivity contribution in [2.45, 2.75) is 56.5 Å². The quantitative estimate of drug-likeness (QED) is 0.601. The minimum atomic E-state index is -0.306. The zero-order valence-corrected chi connectivity index (χ0v) is 18.0. The van der Waals surface area contributed by atoms with Gasteiger partial charge in [-0.3, -0.25) is 9.48 Å². The number of aryl methyl sites for hydroxylation is 2. The Morgan fingerprint density at radius 3 is 2.59 bits per heavy atom. The fourth-order valence-electron chi connectivity index (χ4n) is 3.34. The van der Waals surface area contributed by atoms with Gasteiger partial charge < -0.3 is 9.88 Å². The fraction of sp³-hybridized carbons (Fsp3) is 0.429. The second kappa shape index (κ2) is 8.02. The summed E-state index contributed by atoms with van der Waals surface area (Å²) in [5, 5.41) is 16.8. The highest BCUT2D eigenvalue weighted by molar-refractivity contribution is 8.00. The van der Waals surface area contributed by atoms with Crippen molar-refractivity contribution in [2.75, 3.05) is 5.32 Å². The Morgan fingerprint density at radius 1 is 1.24 bits per heavy atom. The van der Waals surface area contributed by atoms with Crippen LogP contribution in [0, 0.1) is 13.8 Å². The van der Waals surface area contributed by atoms with Crippen molar-refractivity contribution in [3.8, 4) is 0 Å². The van der Waals surface area contributed by atoms with E-state index in [4.69, 9.17) is 0 Å². The lowest BCUT2D eigenvalue weighted by atomic mass is 10.2. The lowest BCUT2D eigenvalue weighted by Gasteiger charge is -2.14. The maximum atomic E-state index is 12.8. The first kappa shape index (κ1) is 19.7. The molecule has 0 radical (unpaired) electrons. The monoisotopic (exact) mass is 410 g/mol. The molecular weight excluding hydrogens is 384 g/mol. The molecule has 2 aromatic heterocycles. The van der Waals surface area contributed by atoms with Crippen molar-refractivity contribution in [1.82, 2.24) is 24.5 Å². The Balaban J connectivity index is 1.51. The van der Waals surface area contributed by atoms with Crippen LogP contribution >= 0.6 is 11.8 Å². The van der Waals surface area contributed by atoms with Gasteiger partial charge in [0.2, 0.25) is 5.91 Å². The van der Waals surface area contributed by atoms with Crippen LogP contribution in [0.4, 0.5) is 5.69 Å². The number of carbonyl (C=O) groups excluding carboxylic acids is 1. The van der Waals surface area contributed by atoms with E-state index >= 15 is 0 Å². The molecule has 0 unspecified atom stereocenters. The first-order valence-corrected chi connectivity index (χ1v) is 10.8. The highest BCUT2D eigenvalue weighted by atomic mass is 32.2. The van der Waals surface area contributed by atoms with E-state index in [2.05, 4.69) is 37.3 Å². The van der Waals surface area contributed by atoms with Gasteiger partial charge in [-0.05, 0) is 39.2 Å². The number of anilines is 1. The molecule has 1 saturated carbocycles. The SMILES string of the molecule is Cc1nn(C)c(C)c1NC(=O)[C@H](C)Sc1nnc(C2CC2)n1Cc1ccccc1. The van der Waals surface area contributed by atoms with Gasteiger partial charge in [-0.2, -0.15) is 5.10 Å². The zero-order chi connectivity index (χ0) is 20.5. The number of nitrogens with one attached hydrogen (secondary N) is 1. The number of amides is 1. The van der Waals surface area contributed by atoms with Crippen LogP contribution in [0.2, 0.25) is 0 Å². The first-order valence-electron chi connectivity index (χ1n) is 9.88. The predicted molar refractivity (Wildman–Crippen MR) is 114 cm³/mol. The van der Waals surface area contributed by atoms with Gasteiger partial charge in [0.25, 0.3) is 0 Å². The molecule has 1 aliphatic rings. The molecule has 1 N–H and O–H groups in total. The Morgan fingerprint density at radius 2 is 1.97 bits per heavy atom. The summed E-state index contributed by atoms with van der Waals surface area (Å²) >= 11 is 1.45.